The molecule has 0 fully saturated rings. The molecule has 0 saturated carbocycles. The fourth-order valence-corrected chi connectivity index (χ4v) is 2.70. The number of rotatable bonds is 3. The molecule has 0 radical (unpaired) electrons. The number of nitrogens with zero attached hydrogens (tertiary/aromatic N) is 1. The predicted molar refractivity (Wildman–Crippen MR) is 73.9 cm³/mol. The standard InChI is InChI=1S/C13H18N2OS/c1-9-8-17-13(14-9)15-10(2)11-4-6-12(16-3)7-5-11/h4-7,9-10H,8H2,1-3H3,(H,14,15). The molecule has 1 heterocycles. The number of nitrogens with one attached hydrogen (secondary N) is 1. The van der Waals surface area contributed by atoms with Gasteiger partial charge in [0.05, 0.1) is 19.2 Å². The summed E-state index contributed by atoms with van der Waals surface area (Å²) in [5, 5.41) is 4.49. The summed E-state index contributed by atoms with van der Waals surface area (Å²) >= 11 is 1.80. The number of aliphatic imine (C=N–C) groups is 1. The van der Waals surface area contributed by atoms with Gasteiger partial charge < -0.3 is 10.1 Å². The van der Waals surface area contributed by atoms with Crippen LogP contribution in [0.5, 0.6) is 5.75 Å². The van der Waals surface area contributed by atoms with Gasteiger partial charge in [-0.05, 0) is 31.5 Å². The van der Waals surface area contributed by atoms with Gasteiger partial charge in [0.2, 0.25) is 0 Å². The molecule has 1 aromatic carbocycles. The van der Waals surface area contributed by atoms with E-state index in [9.17, 15) is 0 Å². The van der Waals surface area contributed by atoms with E-state index < -0.39 is 0 Å². The van der Waals surface area contributed by atoms with Crippen LogP contribution in [0.2, 0.25) is 0 Å². The van der Waals surface area contributed by atoms with Gasteiger partial charge in [-0.2, -0.15) is 0 Å². The molecule has 2 unspecified atom stereocenters. The Hall–Kier alpha value is -1.16. The number of thioether (sulfide) groups is 1. The van der Waals surface area contributed by atoms with Crippen LogP contribution in [0.3, 0.4) is 0 Å². The minimum Gasteiger partial charge on any atom is -0.497 e. The van der Waals surface area contributed by atoms with E-state index in [1.807, 2.05) is 12.1 Å². The molecule has 2 rings (SSSR count). The average molecular weight is 250 g/mol. The van der Waals surface area contributed by atoms with Crippen LogP contribution in [0, 0.1) is 0 Å². The van der Waals surface area contributed by atoms with Gasteiger partial charge in [-0.25, -0.2) is 0 Å². The van der Waals surface area contributed by atoms with Gasteiger partial charge >= 0.3 is 0 Å². The van der Waals surface area contributed by atoms with Gasteiger partial charge in [0, 0.05) is 5.75 Å². The summed E-state index contributed by atoms with van der Waals surface area (Å²) in [6, 6.07) is 8.85. The zero-order chi connectivity index (χ0) is 12.3. The zero-order valence-electron chi connectivity index (χ0n) is 10.4. The molecule has 3 nitrogen and oxygen atoms in total. The second-order valence-electron chi connectivity index (χ2n) is 4.23. The van der Waals surface area contributed by atoms with Gasteiger partial charge in [-0.15, -0.1) is 0 Å². The third-order valence-corrected chi connectivity index (χ3v) is 3.90. The summed E-state index contributed by atoms with van der Waals surface area (Å²) in [6.07, 6.45) is 0. The first-order valence-electron chi connectivity index (χ1n) is 5.80. The van der Waals surface area contributed by atoms with Gasteiger partial charge in [-0.3, -0.25) is 4.99 Å². The highest BCUT2D eigenvalue weighted by Gasteiger charge is 2.16. The predicted octanol–water partition coefficient (Wildman–Crippen LogP) is 2.84. The summed E-state index contributed by atoms with van der Waals surface area (Å²) in [6.45, 7) is 4.29. The lowest BCUT2D eigenvalue weighted by molar-refractivity contribution is 0.414. The molecule has 92 valence electrons. The van der Waals surface area contributed by atoms with Crippen molar-refractivity contribution in [3.63, 3.8) is 0 Å². The van der Waals surface area contributed by atoms with Crippen LogP contribution < -0.4 is 10.1 Å². The molecule has 1 aliphatic heterocycles. The van der Waals surface area contributed by atoms with Gasteiger partial charge in [0.25, 0.3) is 0 Å². The van der Waals surface area contributed by atoms with Crippen LogP contribution in [-0.4, -0.2) is 24.1 Å². The van der Waals surface area contributed by atoms with E-state index in [1.54, 1.807) is 18.9 Å². The smallest absolute Gasteiger partial charge is 0.157 e. The maximum atomic E-state index is 5.15. The Bertz CT molecular complexity index is 402. The Labute approximate surface area is 107 Å². The molecule has 1 aromatic rings. The minimum atomic E-state index is 0.275. The summed E-state index contributed by atoms with van der Waals surface area (Å²) < 4.78 is 5.15. The van der Waals surface area contributed by atoms with Crippen molar-refractivity contribution in [1.29, 1.82) is 0 Å². The second-order valence-corrected chi connectivity index (χ2v) is 5.24. The van der Waals surface area contributed by atoms with E-state index in [-0.39, 0.29) is 6.04 Å². The molecule has 0 spiro atoms. The number of methoxy groups -OCH3 is 1. The van der Waals surface area contributed by atoms with Gasteiger partial charge in [-0.1, -0.05) is 23.9 Å². The van der Waals surface area contributed by atoms with E-state index in [2.05, 4.69) is 36.3 Å². The molecular weight excluding hydrogens is 232 g/mol. The summed E-state index contributed by atoms with van der Waals surface area (Å²) in [5.74, 6) is 1.97. The van der Waals surface area contributed by atoms with Crippen LogP contribution in [0.4, 0.5) is 0 Å². The molecule has 0 bridgehead atoms. The first-order valence-corrected chi connectivity index (χ1v) is 6.78. The molecule has 0 aromatic heterocycles. The quantitative estimate of drug-likeness (QED) is 0.895. The van der Waals surface area contributed by atoms with Crippen molar-refractivity contribution in [1.82, 2.24) is 5.32 Å². The van der Waals surface area contributed by atoms with E-state index in [4.69, 9.17) is 4.74 Å². The number of ether oxygens (including phenoxy) is 1. The molecule has 2 atom stereocenters. The molecule has 0 aliphatic carbocycles. The Morgan fingerprint density at radius 3 is 2.65 bits per heavy atom. The van der Waals surface area contributed by atoms with Crippen LogP contribution in [-0.2, 0) is 0 Å². The van der Waals surface area contributed by atoms with Crippen molar-refractivity contribution in [2.24, 2.45) is 4.99 Å². The first kappa shape index (κ1) is 12.3. The summed E-state index contributed by atoms with van der Waals surface area (Å²) in [5.41, 5.74) is 1.24. The SMILES string of the molecule is COc1ccc(C(C)NC2=NC(C)CS2)cc1. The maximum Gasteiger partial charge on any atom is 0.157 e. The first-order chi connectivity index (χ1) is 8.19. The van der Waals surface area contributed by atoms with Crippen LogP contribution in [0.1, 0.15) is 25.5 Å². The van der Waals surface area contributed by atoms with Gasteiger partial charge in [0.15, 0.2) is 5.17 Å². The van der Waals surface area contributed by atoms with Crippen molar-refractivity contribution < 1.29 is 4.74 Å². The molecule has 1 N–H and O–H groups in total. The topological polar surface area (TPSA) is 33.6 Å². The van der Waals surface area contributed by atoms with Crippen LogP contribution in [0.15, 0.2) is 29.3 Å². The van der Waals surface area contributed by atoms with E-state index in [0.29, 0.717) is 6.04 Å². The molecular formula is C13H18N2OS. The van der Waals surface area contributed by atoms with Crippen molar-refractivity contribution >= 4 is 16.9 Å². The number of hydrogen-bond donors (Lipinski definition) is 1. The third kappa shape index (κ3) is 3.16. The minimum absolute atomic E-state index is 0.275. The third-order valence-electron chi connectivity index (χ3n) is 2.75. The lowest BCUT2D eigenvalue weighted by atomic mass is 10.1. The Morgan fingerprint density at radius 1 is 1.41 bits per heavy atom. The second kappa shape index (κ2) is 5.45. The van der Waals surface area contributed by atoms with Crippen LogP contribution in [0.25, 0.3) is 0 Å². The Morgan fingerprint density at radius 2 is 2.12 bits per heavy atom. The number of benzene rings is 1. The normalized spacial score (nSPS) is 20.9. The highest BCUT2D eigenvalue weighted by Crippen LogP contribution is 2.21. The fourth-order valence-electron chi connectivity index (χ4n) is 1.71. The molecule has 0 amide bonds. The van der Waals surface area contributed by atoms with Crippen molar-refractivity contribution in [2.75, 3.05) is 12.9 Å². The fraction of sp³-hybridized carbons (Fsp3) is 0.462. The summed E-state index contributed by atoms with van der Waals surface area (Å²) in [7, 11) is 1.68. The van der Waals surface area contributed by atoms with Crippen molar-refractivity contribution in [2.45, 2.75) is 25.9 Å². The molecule has 4 heteroatoms. The van der Waals surface area contributed by atoms with Gasteiger partial charge in [0.1, 0.15) is 5.75 Å². The zero-order valence-corrected chi connectivity index (χ0v) is 11.3. The monoisotopic (exact) mass is 250 g/mol. The molecule has 17 heavy (non-hydrogen) atoms. The van der Waals surface area contributed by atoms with Crippen LogP contribution >= 0.6 is 11.8 Å². The van der Waals surface area contributed by atoms with Crippen molar-refractivity contribution in [3.8, 4) is 5.75 Å². The highest BCUT2D eigenvalue weighted by molar-refractivity contribution is 8.14. The summed E-state index contributed by atoms with van der Waals surface area (Å²) in [4.78, 5) is 4.53. The molecule has 0 saturated heterocycles. The Balaban J connectivity index is 1.99. The van der Waals surface area contributed by atoms with E-state index in [1.165, 1.54) is 5.56 Å². The largest absolute Gasteiger partial charge is 0.497 e. The van der Waals surface area contributed by atoms with E-state index >= 15 is 0 Å². The highest BCUT2D eigenvalue weighted by atomic mass is 32.2. The lowest BCUT2D eigenvalue weighted by Crippen LogP contribution is -2.22. The maximum absolute atomic E-state index is 5.15. The Kier molecular flexibility index (Phi) is 3.94. The average Bonchev–Trinajstić information content (AvgIpc) is 2.75. The number of hydrogen-bond acceptors (Lipinski definition) is 4. The lowest BCUT2D eigenvalue weighted by Gasteiger charge is -2.15. The van der Waals surface area contributed by atoms with E-state index in [0.717, 1.165) is 16.7 Å². The van der Waals surface area contributed by atoms with Crippen molar-refractivity contribution in [3.05, 3.63) is 29.8 Å². The number of amidine groups is 1. The molecule has 1 aliphatic rings.